The van der Waals surface area contributed by atoms with Crippen LogP contribution in [0.25, 0.3) is 16.7 Å². The lowest BCUT2D eigenvalue weighted by Gasteiger charge is -2.17. The van der Waals surface area contributed by atoms with Crippen molar-refractivity contribution in [2.45, 2.75) is 45.9 Å². The topological polar surface area (TPSA) is 101 Å². The van der Waals surface area contributed by atoms with Gasteiger partial charge in [0.25, 0.3) is 11.5 Å². The Hall–Kier alpha value is -3.78. The molecule has 0 bridgehead atoms. The van der Waals surface area contributed by atoms with Crippen LogP contribution in [-0.2, 0) is 11.3 Å². The Bertz CT molecular complexity index is 1440. The number of aryl methyl sites for hydroxylation is 1. The first-order chi connectivity index (χ1) is 16.4. The van der Waals surface area contributed by atoms with Crippen molar-refractivity contribution in [3.8, 4) is 0 Å². The molecule has 1 aromatic carbocycles. The molecule has 0 aliphatic rings. The molecule has 0 aliphatic carbocycles. The van der Waals surface area contributed by atoms with E-state index in [9.17, 15) is 9.59 Å². The fourth-order valence-corrected chi connectivity index (χ4v) is 3.92. The number of rotatable bonds is 8. The molecule has 0 radical (unpaired) electrons. The predicted molar refractivity (Wildman–Crippen MR) is 131 cm³/mol. The molecule has 4 aromatic rings. The monoisotopic (exact) mass is 459 g/mol. The van der Waals surface area contributed by atoms with E-state index in [4.69, 9.17) is 10.1 Å². The van der Waals surface area contributed by atoms with Crippen LogP contribution in [0, 0.1) is 5.41 Å². The van der Waals surface area contributed by atoms with Crippen molar-refractivity contribution < 1.29 is 9.53 Å². The smallest absolute Gasteiger partial charge is 0.267 e. The van der Waals surface area contributed by atoms with E-state index in [0.717, 1.165) is 5.56 Å². The molecule has 8 nitrogen and oxygen atoms in total. The molecule has 8 heteroatoms. The van der Waals surface area contributed by atoms with E-state index >= 15 is 0 Å². The third-order valence-electron chi connectivity index (χ3n) is 5.69. The Balaban J connectivity index is 1.80. The number of amides is 1. The van der Waals surface area contributed by atoms with Gasteiger partial charge in [-0.15, -0.1) is 0 Å². The van der Waals surface area contributed by atoms with Crippen LogP contribution in [0.2, 0.25) is 0 Å². The van der Waals surface area contributed by atoms with E-state index in [0.29, 0.717) is 36.3 Å². The Morgan fingerprint density at radius 3 is 2.59 bits per heavy atom. The van der Waals surface area contributed by atoms with Gasteiger partial charge in [-0.1, -0.05) is 36.4 Å². The van der Waals surface area contributed by atoms with Gasteiger partial charge in [0.15, 0.2) is 0 Å². The molecular weight excluding hydrogens is 430 g/mol. The van der Waals surface area contributed by atoms with Crippen LogP contribution < -0.4 is 16.4 Å². The van der Waals surface area contributed by atoms with Gasteiger partial charge in [-0.3, -0.25) is 19.4 Å². The number of fused-ring (bicyclic) bond motifs is 2. The van der Waals surface area contributed by atoms with Crippen molar-refractivity contribution in [1.29, 1.82) is 5.41 Å². The SMILES string of the molecule is CC(C)OCCCn1c(=N)c(C(=O)NC(C)c2ccccc2)cc2c(=O)n3ccccc3nc21. The Labute approximate surface area is 197 Å². The molecule has 1 unspecified atom stereocenters. The minimum atomic E-state index is -0.409. The molecule has 4 rings (SSSR count). The lowest BCUT2D eigenvalue weighted by molar-refractivity contribution is 0.0748. The number of ether oxygens (including phenoxy) is 1. The zero-order valence-electron chi connectivity index (χ0n) is 19.6. The Morgan fingerprint density at radius 1 is 1.12 bits per heavy atom. The van der Waals surface area contributed by atoms with Gasteiger partial charge in [-0.2, -0.15) is 0 Å². The van der Waals surface area contributed by atoms with Crippen LogP contribution in [-0.4, -0.2) is 32.6 Å². The highest BCUT2D eigenvalue weighted by Gasteiger charge is 2.19. The number of carbonyl (C=O) groups is 1. The third kappa shape index (κ3) is 4.77. The van der Waals surface area contributed by atoms with Crippen molar-refractivity contribution in [3.05, 3.63) is 87.8 Å². The maximum Gasteiger partial charge on any atom is 0.267 e. The normalized spacial score (nSPS) is 12.4. The lowest BCUT2D eigenvalue weighted by Crippen LogP contribution is -2.36. The summed E-state index contributed by atoms with van der Waals surface area (Å²) >= 11 is 0. The van der Waals surface area contributed by atoms with Gasteiger partial charge in [0.05, 0.1) is 23.1 Å². The van der Waals surface area contributed by atoms with Crippen LogP contribution in [0.15, 0.2) is 65.6 Å². The lowest BCUT2D eigenvalue weighted by atomic mass is 10.1. The molecule has 0 saturated heterocycles. The molecular formula is C26H29N5O3. The second-order valence-electron chi connectivity index (χ2n) is 8.52. The largest absolute Gasteiger partial charge is 0.379 e. The van der Waals surface area contributed by atoms with Crippen LogP contribution in [0.5, 0.6) is 0 Å². The number of nitrogens with zero attached hydrogens (tertiary/aromatic N) is 3. The van der Waals surface area contributed by atoms with E-state index < -0.39 is 5.91 Å². The van der Waals surface area contributed by atoms with E-state index in [-0.39, 0.29) is 28.8 Å². The van der Waals surface area contributed by atoms with E-state index in [2.05, 4.69) is 10.3 Å². The van der Waals surface area contributed by atoms with Gasteiger partial charge in [0, 0.05) is 19.3 Å². The summed E-state index contributed by atoms with van der Waals surface area (Å²) in [6.45, 7) is 6.71. The average Bonchev–Trinajstić information content (AvgIpc) is 2.83. The van der Waals surface area contributed by atoms with Gasteiger partial charge >= 0.3 is 0 Å². The van der Waals surface area contributed by atoms with Crippen LogP contribution in [0.3, 0.4) is 0 Å². The molecule has 0 saturated carbocycles. The Morgan fingerprint density at radius 2 is 1.85 bits per heavy atom. The fraction of sp³-hybridized carbons (Fsp3) is 0.308. The molecule has 1 atom stereocenters. The Kier molecular flexibility index (Phi) is 6.88. The first-order valence-electron chi connectivity index (χ1n) is 11.4. The third-order valence-corrected chi connectivity index (χ3v) is 5.69. The number of benzene rings is 1. The van der Waals surface area contributed by atoms with Crippen molar-refractivity contribution in [3.63, 3.8) is 0 Å². The molecule has 0 spiro atoms. The minimum absolute atomic E-state index is 0.0157. The maximum absolute atomic E-state index is 13.3. The zero-order valence-corrected chi connectivity index (χ0v) is 19.6. The summed E-state index contributed by atoms with van der Waals surface area (Å²) in [5.41, 5.74) is 1.70. The van der Waals surface area contributed by atoms with Gasteiger partial charge in [0.1, 0.15) is 16.8 Å². The summed E-state index contributed by atoms with van der Waals surface area (Å²) in [6.07, 6.45) is 2.36. The molecule has 0 fully saturated rings. The summed E-state index contributed by atoms with van der Waals surface area (Å²) in [5.74, 6) is -0.409. The maximum atomic E-state index is 13.3. The quantitative estimate of drug-likeness (QED) is 0.311. The molecule has 176 valence electrons. The number of aromatic nitrogens is 3. The zero-order chi connectivity index (χ0) is 24.2. The summed E-state index contributed by atoms with van der Waals surface area (Å²) in [6, 6.07) is 16.2. The molecule has 2 N–H and O–H groups in total. The molecule has 0 aliphatic heterocycles. The van der Waals surface area contributed by atoms with Gasteiger partial charge < -0.3 is 14.6 Å². The second-order valence-corrected chi connectivity index (χ2v) is 8.52. The van der Waals surface area contributed by atoms with E-state index in [1.54, 1.807) is 22.9 Å². The molecule has 3 aromatic heterocycles. The van der Waals surface area contributed by atoms with Crippen LogP contribution in [0.4, 0.5) is 0 Å². The number of hydrogen-bond acceptors (Lipinski definition) is 5. The van der Waals surface area contributed by atoms with Gasteiger partial charge in [-0.05, 0) is 51.0 Å². The molecule has 1 amide bonds. The van der Waals surface area contributed by atoms with Gasteiger partial charge in [0.2, 0.25) is 0 Å². The molecule has 3 heterocycles. The number of pyridine rings is 2. The van der Waals surface area contributed by atoms with Crippen LogP contribution >= 0.6 is 0 Å². The van der Waals surface area contributed by atoms with E-state index in [1.165, 1.54) is 10.5 Å². The first kappa shape index (κ1) is 23.4. The second kappa shape index (κ2) is 10.0. The van der Waals surface area contributed by atoms with Crippen LogP contribution in [0.1, 0.15) is 49.2 Å². The fourth-order valence-electron chi connectivity index (χ4n) is 3.92. The highest BCUT2D eigenvalue weighted by molar-refractivity contribution is 5.97. The highest BCUT2D eigenvalue weighted by Crippen LogP contribution is 2.14. The number of hydrogen-bond donors (Lipinski definition) is 2. The van der Waals surface area contributed by atoms with Crippen molar-refractivity contribution in [1.82, 2.24) is 19.3 Å². The minimum Gasteiger partial charge on any atom is -0.379 e. The standard InChI is InChI=1S/C26H29N5O3/c1-17(2)34-15-9-14-31-23(27)20(25(32)28-18(3)19-10-5-4-6-11-19)16-21-24(31)29-22-12-7-8-13-30(22)26(21)33/h4-8,10-13,16-18,27H,9,14-15H2,1-3H3,(H,28,32). The number of carbonyl (C=O) groups excluding carboxylic acids is 1. The van der Waals surface area contributed by atoms with Gasteiger partial charge in [-0.25, -0.2) is 4.98 Å². The number of nitrogens with one attached hydrogen (secondary N) is 2. The summed E-state index contributed by atoms with van der Waals surface area (Å²) < 4.78 is 8.73. The van der Waals surface area contributed by atoms with Crippen molar-refractivity contribution in [2.75, 3.05) is 6.61 Å². The van der Waals surface area contributed by atoms with E-state index in [1.807, 2.05) is 57.2 Å². The summed E-state index contributed by atoms with van der Waals surface area (Å²) in [5, 5.41) is 12.1. The summed E-state index contributed by atoms with van der Waals surface area (Å²) in [4.78, 5) is 31.2. The van der Waals surface area contributed by atoms with Crippen molar-refractivity contribution in [2.24, 2.45) is 0 Å². The predicted octanol–water partition coefficient (Wildman–Crippen LogP) is 3.43. The first-order valence-corrected chi connectivity index (χ1v) is 11.4. The summed E-state index contributed by atoms with van der Waals surface area (Å²) in [7, 11) is 0. The average molecular weight is 460 g/mol. The highest BCUT2D eigenvalue weighted by atomic mass is 16.5. The van der Waals surface area contributed by atoms with Crippen molar-refractivity contribution >= 4 is 22.6 Å². The molecule has 34 heavy (non-hydrogen) atoms.